The Balaban J connectivity index is 1.76. The Morgan fingerprint density at radius 3 is 2.63 bits per heavy atom. The van der Waals surface area contributed by atoms with Crippen LogP contribution in [0.15, 0.2) is 18.3 Å². The molecule has 0 aliphatic carbocycles. The molecule has 3 rings (SSSR count). The summed E-state index contributed by atoms with van der Waals surface area (Å²) >= 11 is 0. The molecule has 3 heterocycles. The molecule has 0 aromatic carbocycles. The Kier molecular flexibility index (Phi) is 7.53. The number of aryl methyl sites for hydroxylation is 1. The van der Waals surface area contributed by atoms with Crippen LogP contribution >= 0.6 is 0 Å². The Morgan fingerprint density at radius 2 is 1.97 bits per heavy atom. The van der Waals surface area contributed by atoms with E-state index in [0.717, 1.165) is 62.1 Å². The number of hydrogen-bond donors (Lipinski definition) is 2. The molecule has 1 atom stereocenters. The van der Waals surface area contributed by atoms with Crippen molar-refractivity contribution < 1.29 is 9.90 Å². The highest BCUT2D eigenvalue weighted by molar-refractivity contribution is 5.94. The minimum absolute atomic E-state index is 0.0599. The normalized spacial score (nSPS) is 16.6. The third-order valence-electron chi connectivity index (χ3n) is 6.02. The van der Waals surface area contributed by atoms with Crippen LogP contribution in [-0.2, 0) is 6.54 Å². The summed E-state index contributed by atoms with van der Waals surface area (Å²) in [6.07, 6.45) is 9.29. The molecule has 1 fully saturated rings. The molecule has 0 bridgehead atoms. The lowest BCUT2D eigenvalue weighted by atomic mass is 10.00. The van der Waals surface area contributed by atoms with Gasteiger partial charge in [0.1, 0.15) is 5.65 Å². The summed E-state index contributed by atoms with van der Waals surface area (Å²) in [4.78, 5) is 20.1. The quantitative estimate of drug-likeness (QED) is 0.683. The first kappa shape index (κ1) is 22.8. The summed E-state index contributed by atoms with van der Waals surface area (Å²) in [7, 11) is 0. The van der Waals surface area contributed by atoms with Crippen molar-refractivity contribution in [3.8, 4) is 0 Å². The SMILES string of the molecule is Cc1ccn2c(CNC(C)CCCC(C)(C)O)c(C(=O)N3CCCCCC3)nc2c1. The van der Waals surface area contributed by atoms with E-state index >= 15 is 0 Å². The Hall–Kier alpha value is -1.92. The van der Waals surface area contributed by atoms with Gasteiger partial charge in [0.15, 0.2) is 5.69 Å². The minimum Gasteiger partial charge on any atom is -0.390 e. The fraction of sp³-hybridized carbons (Fsp3) is 0.667. The molecule has 6 heteroatoms. The number of aliphatic hydroxyl groups is 1. The van der Waals surface area contributed by atoms with Gasteiger partial charge in [-0.15, -0.1) is 0 Å². The molecular weight excluding hydrogens is 376 g/mol. The van der Waals surface area contributed by atoms with E-state index in [-0.39, 0.29) is 5.91 Å². The molecule has 0 spiro atoms. The number of pyridine rings is 1. The van der Waals surface area contributed by atoms with E-state index in [1.54, 1.807) is 0 Å². The second-order valence-corrected chi connectivity index (χ2v) is 9.53. The minimum atomic E-state index is -0.619. The van der Waals surface area contributed by atoms with Crippen LogP contribution < -0.4 is 5.32 Å². The predicted molar refractivity (Wildman–Crippen MR) is 121 cm³/mol. The molecule has 0 saturated carbocycles. The molecule has 166 valence electrons. The number of nitrogens with one attached hydrogen (secondary N) is 1. The molecule has 1 aliphatic heterocycles. The van der Waals surface area contributed by atoms with E-state index in [9.17, 15) is 9.90 Å². The number of aromatic nitrogens is 2. The summed E-state index contributed by atoms with van der Waals surface area (Å²) in [5.41, 5.74) is 2.87. The molecule has 30 heavy (non-hydrogen) atoms. The van der Waals surface area contributed by atoms with Crippen molar-refractivity contribution in [1.29, 1.82) is 0 Å². The van der Waals surface area contributed by atoms with Gasteiger partial charge in [-0.2, -0.15) is 0 Å². The standard InChI is InChI=1S/C24H38N4O2/c1-18-11-15-28-20(17-25-19(2)10-9-12-24(3,4)30)22(26-21(28)16-18)23(29)27-13-7-5-6-8-14-27/h11,15-16,19,25,30H,5-10,12-14,17H2,1-4H3. The summed E-state index contributed by atoms with van der Waals surface area (Å²) in [5.74, 6) is 0.0599. The van der Waals surface area contributed by atoms with Crippen molar-refractivity contribution in [1.82, 2.24) is 19.6 Å². The van der Waals surface area contributed by atoms with Gasteiger partial charge in [0.25, 0.3) is 5.91 Å². The maximum Gasteiger partial charge on any atom is 0.274 e. The van der Waals surface area contributed by atoms with Gasteiger partial charge in [-0.05, 0) is 77.5 Å². The van der Waals surface area contributed by atoms with Gasteiger partial charge in [0.05, 0.1) is 11.3 Å². The molecule has 2 aromatic rings. The number of carbonyl (C=O) groups excluding carboxylic acids is 1. The number of imidazole rings is 1. The van der Waals surface area contributed by atoms with E-state index in [2.05, 4.69) is 22.7 Å². The lowest BCUT2D eigenvalue weighted by Crippen LogP contribution is -2.34. The van der Waals surface area contributed by atoms with Gasteiger partial charge < -0.3 is 19.7 Å². The Labute approximate surface area is 180 Å². The van der Waals surface area contributed by atoms with E-state index in [1.165, 1.54) is 12.8 Å². The van der Waals surface area contributed by atoms with Crippen molar-refractivity contribution in [3.05, 3.63) is 35.3 Å². The number of rotatable bonds is 8. The van der Waals surface area contributed by atoms with Gasteiger partial charge in [-0.1, -0.05) is 12.8 Å². The number of fused-ring (bicyclic) bond motifs is 1. The zero-order valence-electron chi connectivity index (χ0n) is 19.1. The van der Waals surface area contributed by atoms with Crippen molar-refractivity contribution >= 4 is 11.6 Å². The fourth-order valence-corrected chi connectivity index (χ4v) is 4.17. The average molecular weight is 415 g/mol. The average Bonchev–Trinajstić information content (AvgIpc) is 2.84. The van der Waals surface area contributed by atoms with Gasteiger partial charge in [0, 0.05) is 31.9 Å². The highest BCUT2D eigenvalue weighted by atomic mass is 16.3. The third kappa shape index (κ3) is 6.05. The van der Waals surface area contributed by atoms with Crippen molar-refractivity contribution in [3.63, 3.8) is 0 Å². The summed E-state index contributed by atoms with van der Waals surface area (Å²) in [6.45, 7) is 10.2. The van der Waals surface area contributed by atoms with Crippen LogP contribution in [0.5, 0.6) is 0 Å². The van der Waals surface area contributed by atoms with Crippen LogP contribution in [0.1, 0.15) is 87.5 Å². The first-order valence-corrected chi connectivity index (χ1v) is 11.5. The molecule has 1 aliphatic rings. The highest BCUT2D eigenvalue weighted by Crippen LogP contribution is 2.19. The van der Waals surface area contributed by atoms with Crippen molar-refractivity contribution in [2.75, 3.05) is 13.1 Å². The van der Waals surface area contributed by atoms with E-state index in [0.29, 0.717) is 18.3 Å². The predicted octanol–water partition coefficient (Wildman–Crippen LogP) is 4.08. The Morgan fingerprint density at radius 1 is 1.27 bits per heavy atom. The second-order valence-electron chi connectivity index (χ2n) is 9.53. The molecule has 0 radical (unpaired) electrons. The monoisotopic (exact) mass is 414 g/mol. The highest BCUT2D eigenvalue weighted by Gasteiger charge is 2.25. The van der Waals surface area contributed by atoms with Crippen LogP contribution in [-0.4, -0.2) is 50.0 Å². The fourth-order valence-electron chi connectivity index (χ4n) is 4.17. The topological polar surface area (TPSA) is 69.9 Å². The lowest BCUT2D eigenvalue weighted by molar-refractivity contribution is 0.0674. The molecule has 2 N–H and O–H groups in total. The van der Waals surface area contributed by atoms with Crippen LogP contribution in [0.2, 0.25) is 0 Å². The van der Waals surface area contributed by atoms with Gasteiger partial charge in [0.2, 0.25) is 0 Å². The van der Waals surface area contributed by atoms with Crippen LogP contribution in [0.3, 0.4) is 0 Å². The first-order chi connectivity index (χ1) is 14.2. The van der Waals surface area contributed by atoms with Crippen LogP contribution in [0.25, 0.3) is 5.65 Å². The zero-order chi connectivity index (χ0) is 21.7. The largest absolute Gasteiger partial charge is 0.390 e. The smallest absolute Gasteiger partial charge is 0.274 e. The van der Waals surface area contributed by atoms with Gasteiger partial charge >= 0.3 is 0 Å². The summed E-state index contributed by atoms with van der Waals surface area (Å²) < 4.78 is 2.05. The molecule has 1 unspecified atom stereocenters. The number of hydrogen-bond acceptors (Lipinski definition) is 4. The Bertz CT molecular complexity index is 845. The first-order valence-electron chi connectivity index (χ1n) is 11.5. The van der Waals surface area contributed by atoms with Crippen LogP contribution in [0.4, 0.5) is 0 Å². The van der Waals surface area contributed by atoms with Gasteiger partial charge in [-0.3, -0.25) is 4.79 Å². The summed E-state index contributed by atoms with van der Waals surface area (Å²) in [6, 6.07) is 4.39. The summed E-state index contributed by atoms with van der Waals surface area (Å²) in [5, 5.41) is 13.5. The molecule has 6 nitrogen and oxygen atoms in total. The number of amides is 1. The molecular formula is C24H38N4O2. The molecule has 1 saturated heterocycles. The maximum atomic E-state index is 13.3. The van der Waals surface area contributed by atoms with E-state index < -0.39 is 5.60 Å². The van der Waals surface area contributed by atoms with E-state index in [1.807, 2.05) is 37.9 Å². The zero-order valence-corrected chi connectivity index (χ0v) is 19.1. The number of likely N-dealkylation sites (tertiary alicyclic amines) is 1. The van der Waals surface area contributed by atoms with E-state index in [4.69, 9.17) is 4.98 Å². The third-order valence-corrected chi connectivity index (χ3v) is 6.02. The maximum absolute atomic E-state index is 13.3. The second kappa shape index (κ2) is 9.92. The molecule has 1 amide bonds. The van der Waals surface area contributed by atoms with Gasteiger partial charge in [-0.25, -0.2) is 4.98 Å². The van der Waals surface area contributed by atoms with Crippen molar-refractivity contribution in [2.24, 2.45) is 0 Å². The van der Waals surface area contributed by atoms with Crippen molar-refractivity contribution in [2.45, 2.75) is 90.8 Å². The van der Waals surface area contributed by atoms with Crippen LogP contribution in [0, 0.1) is 6.92 Å². The molecule has 2 aromatic heterocycles. The lowest BCUT2D eigenvalue weighted by Gasteiger charge is -2.21. The number of nitrogens with zero attached hydrogens (tertiary/aromatic N) is 3. The number of carbonyl (C=O) groups is 1.